The second-order valence-corrected chi connectivity index (χ2v) is 11.2. The van der Waals surface area contributed by atoms with Gasteiger partial charge in [-0.15, -0.1) is 0 Å². The average Bonchev–Trinajstić information content (AvgIpc) is 3.46. The number of rotatable bonds is 12. The maximum Gasteiger partial charge on any atom is 0.261 e. The van der Waals surface area contributed by atoms with Crippen molar-refractivity contribution < 1.29 is 17.9 Å². The van der Waals surface area contributed by atoms with E-state index in [0.717, 1.165) is 23.1 Å². The molecule has 5 aromatic rings. The summed E-state index contributed by atoms with van der Waals surface area (Å²) in [7, 11) is -3.80. The van der Waals surface area contributed by atoms with Crippen molar-refractivity contribution in [3.63, 3.8) is 0 Å². The molecular weight excluding hydrogens is 543 g/mol. The fourth-order valence-electron chi connectivity index (χ4n) is 4.19. The first-order valence-corrected chi connectivity index (χ1v) is 14.5. The predicted molar refractivity (Wildman–Crippen MR) is 154 cm³/mol. The number of hydrogen-bond acceptors (Lipinski definition) is 7. The van der Waals surface area contributed by atoms with Crippen LogP contribution in [0.1, 0.15) is 28.5 Å². The number of halogens is 1. The minimum atomic E-state index is -3.80. The van der Waals surface area contributed by atoms with E-state index in [2.05, 4.69) is 25.2 Å². The van der Waals surface area contributed by atoms with E-state index >= 15 is 0 Å². The molecule has 0 bridgehead atoms. The standard InChI is InChI=1S/C30H29FN6O3S/c31-25-7-3-23(4-8-25)18-27-20-34-37(35-27)28-11-13-29(14-12-28)41(39,40)36-26-9-5-22(6-10-26)15-17-33-21-30(38)24-2-1-16-32-19-24/h1-14,16,19-20,30,33,36,38H,15,17-18,21H2. The largest absolute Gasteiger partial charge is 0.387 e. The minimum Gasteiger partial charge on any atom is -0.387 e. The number of aromatic nitrogens is 4. The Morgan fingerprint density at radius 3 is 2.34 bits per heavy atom. The van der Waals surface area contributed by atoms with Crippen molar-refractivity contribution in [3.05, 3.63) is 132 Å². The van der Waals surface area contributed by atoms with E-state index in [-0.39, 0.29) is 10.7 Å². The van der Waals surface area contributed by atoms with Crippen molar-refractivity contribution >= 4 is 15.7 Å². The second kappa shape index (κ2) is 12.8. The smallest absolute Gasteiger partial charge is 0.261 e. The van der Waals surface area contributed by atoms with Gasteiger partial charge in [0.2, 0.25) is 0 Å². The Labute approximate surface area is 237 Å². The molecule has 5 rings (SSSR count). The van der Waals surface area contributed by atoms with Crippen LogP contribution in [0.25, 0.3) is 5.69 Å². The number of pyridine rings is 1. The maximum absolute atomic E-state index is 13.1. The van der Waals surface area contributed by atoms with Crippen LogP contribution >= 0.6 is 0 Å². The highest BCUT2D eigenvalue weighted by Crippen LogP contribution is 2.19. The van der Waals surface area contributed by atoms with Crippen molar-refractivity contribution in [1.29, 1.82) is 0 Å². The third-order valence-electron chi connectivity index (χ3n) is 6.42. The van der Waals surface area contributed by atoms with Gasteiger partial charge in [-0.1, -0.05) is 30.3 Å². The summed E-state index contributed by atoms with van der Waals surface area (Å²) >= 11 is 0. The van der Waals surface area contributed by atoms with Crippen LogP contribution in [0.4, 0.5) is 10.1 Å². The molecular formula is C30H29FN6O3S. The third kappa shape index (κ3) is 7.60. The normalized spacial score (nSPS) is 12.2. The number of aliphatic hydroxyl groups excluding tert-OH is 1. The van der Waals surface area contributed by atoms with Gasteiger partial charge < -0.3 is 10.4 Å². The third-order valence-corrected chi connectivity index (χ3v) is 7.82. The fourth-order valence-corrected chi connectivity index (χ4v) is 5.24. The number of aliphatic hydroxyl groups is 1. The van der Waals surface area contributed by atoms with Gasteiger partial charge in [-0.05, 0) is 78.7 Å². The minimum absolute atomic E-state index is 0.111. The van der Waals surface area contributed by atoms with Crippen LogP contribution in [-0.4, -0.2) is 46.6 Å². The van der Waals surface area contributed by atoms with Gasteiger partial charge in [0.15, 0.2) is 0 Å². The molecule has 0 amide bonds. The molecule has 9 nitrogen and oxygen atoms in total. The van der Waals surface area contributed by atoms with Gasteiger partial charge in [0.25, 0.3) is 10.0 Å². The molecule has 2 heterocycles. The van der Waals surface area contributed by atoms with Crippen molar-refractivity contribution in [3.8, 4) is 5.69 Å². The van der Waals surface area contributed by atoms with Crippen molar-refractivity contribution in [2.75, 3.05) is 17.8 Å². The Morgan fingerprint density at radius 2 is 1.63 bits per heavy atom. The van der Waals surface area contributed by atoms with Crippen LogP contribution in [0.2, 0.25) is 0 Å². The first-order valence-electron chi connectivity index (χ1n) is 13.0. The van der Waals surface area contributed by atoms with Gasteiger partial charge in [0, 0.05) is 36.6 Å². The van der Waals surface area contributed by atoms with Crippen molar-refractivity contribution in [1.82, 2.24) is 25.3 Å². The lowest BCUT2D eigenvalue weighted by molar-refractivity contribution is 0.174. The van der Waals surface area contributed by atoms with Gasteiger partial charge in [0.1, 0.15) is 5.82 Å². The highest BCUT2D eigenvalue weighted by Gasteiger charge is 2.15. The molecule has 1 atom stereocenters. The highest BCUT2D eigenvalue weighted by molar-refractivity contribution is 7.92. The van der Waals surface area contributed by atoms with Crippen LogP contribution in [-0.2, 0) is 22.9 Å². The van der Waals surface area contributed by atoms with Crippen molar-refractivity contribution in [2.45, 2.75) is 23.8 Å². The molecule has 0 aliphatic rings. The quantitative estimate of drug-likeness (QED) is 0.193. The Morgan fingerprint density at radius 1 is 0.902 bits per heavy atom. The molecule has 2 aromatic heterocycles. The zero-order valence-electron chi connectivity index (χ0n) is 22.1. The summed E-state index contributed by atoms with van der Waals surface area (Å²) < 4.78 is 41.6. The molecule has 0 saturated carbocycles. The summed E-state index contributed by atoms with van der Waals surface area (Å²) in [5, 5.41) is 22.1. The van der Waals surface area contributed by atoms with Crippen LogP contribution in [0, 0.1) is 5.82 Å². The van der Waals surface area contributed by atoms with Crippen LogP contribution < -0.4 is 10.0 Å². The van der Waals surface area contributed by atoms with E-state index in [9.17, 15) is 17.9 Å². The Balaban J connectivity index is 1.12. The molecule has 3 aromatic carbocycles. The molecule has 3 N–H and O–H groups in total. The second-order valence-electron chi connectivity index (χ2n) is 9.48. The summed E-state index contributed by atoms with van der Waals surface area (Å²) in [6.07, 6.45) is 5.53. The van der Waals surface area contributed by atoms with E-state index < -0.39 is 16.1 Å². The van der Waals surface area contributed by atoms with Crippen LogP contribution in [0.15, 0.2) is 108 Å². The first kappa shape index (κ1) is 28.1. The molecule has 210 valence electrons. The van der Waals surface area contributed by atoms with Gasteiger partial charge in [-0.25, -0.2) is 12.8 Å². The lowest BCUT2D eigenvalue weighted by Gasteiger charge is -2.12. The van der Waals surface area contributed by atoms with E-state index in [1.54, 1.807) is 61.1 Å². The predicted octanol–water partition coefficient (Wildman–Crippen LogP) is 4.06. The number of anilines is 1. The summed E-state index contributed by atoms with van der Waals surface area (Å²) in [6, 6.07) is 23.3. The van der Waals surface area contributed by atoms with E-state index in [1.165, 1.54) is 29.1 Å². The summed E-state index contributed by atoms with van der Waals surface area (Å²) in [5.41, 5.74) is 4.48. The molecule has 0 spiro atoms. The fraction of sp³-hybridized carbons (Fsp3) is 0.167. The molecule has 11 heteroatoms. The first-order chi connectivity index (χ1) is 19.9. The molecule has 0 radical (unpaired) electrons. The number of hydrogen-bond donors (Lipinski definition) is 3. The Hall–Kier alpha value is -4.45. The lowest BCUT2D eigenvalue weighted by Crippen LogP contribution is -2.23. The van der Waals surface area contributed by atoms with E-state index in [4.69, 9.17) is 0 Å². The Bertz CT molecular complexity index is 1660. The summed E-state index contributed by atoms with van der Waals surface area (Å²) in [5.74, 6) is -0.294. The molecule has 1 unspecified atom stereocenters. The number of benzene rings is 3. The van der Waals surface area contributed by atoms with Gasteiger partial charge in [-0.3, -0.25) is 9.71 Å². The van der Waals surface area contributed by atoms with Gasteiger partial charge in [-0.2, -0.15) is 15.0 Å². The number of sulfonamides is 1. The molecule has 0 aliphatic carbocycles. The summed E-state index contributed by atoms with van der Waals surface area (Å²) in [6.45, 7) is 1.07. The average molecular weight is 573 g/mol. The molecule has 0 fully saturated rings. The van der Waals surface area contributed by atoms with Crippen LogP contribution in [0.3, 0.4) is 0 Å². The zero-order valence-corrected chi connectivity index (χ0v) is 22.9. The van der Waals surface area contributed by atoms with Crippen LogP contribution in [0.5, 0.6) is 0 Å². The topological polar surface area (TPSA) is 122 Å². The monoisotopic (exact) mass is 572 g/mol. The Kier molecular flexibility index (Phi) is 8.78. The summed E-state index contributed by atoms with van der Waals surface area (Å²) in [4.78, 5) is 5.55. The van der Waals surface area contributed by atoms with Gasteiger partial charge in [0.05, 0.1) is 28.6 Å². The van der Waals surface area contributed by atoms with E-state index in [1.807, 2.05) is 18.2 Å². The highest BCUT2D eigenvalue weighted by atomic mass is 32.2. The SMILES string of the molecule is O=S(=O)(Nc1ccc(CCNCC(O)c2cccnc2)cc1)c1ccc(-n2ncc(Cc3ccc(F)cc3)n2)cc1. The maximum atomic E-state index is 13.1. The molecule has 0 aliphatic heterocycles. The number of nitrogens with one attached hydrogen (secondary N) is 2. The number of nitrogens with zero attached hydrogens (tertiary/aromatic N) is 4. The zero-order chi connectivity index (χ0) is 28.7. The van der Waals surface area contributed by atoms with Crippen molar-refractivity contribution in [2.24, 2.45) is 0 Å². The molecule has 0 saturated heterocycles. The van der Waals surface area contributed by atoms with Gasteiger partial charge >= 0.3 is 0 Å². The lowest BCUT2D eigenvalue weighted by atomic mass is 10.1. The molecule has 41 heavy (non-hydrogen) atoms. The van der Waals surface area contributed by atoms with E-state index in [0.29, 0.717) is 36.6 Å².